The predicted octanol–water partition coefficient (Wildman–Crippen LogP) is 2.59. The first-order chi connectivity index (χ1) is 8.20. The monoisotopic (exact) mass is 248 g/mol. The molecule has 2 aromatic rings. The molecule has 0 fully saturated rings. The number of ether oxygens (including phenoxy) is 1. The van der Waals surface area contributed by atoms with Gasteiger partial charge in [-0.15, -0.1) is 0 Å². The molecule has 4 nitrogen and oxygen atoms in total. The molecular formula is C12H12N2O2S. The van der Waals surface area contributed by atoms with Crippen molar-refractivity contribution >= 4 is 28.6 Å². The van der Waals surface area contributed by atoms with E-state index in [1.165, 1.54) is 18.4 Å². The lowest BCUT2D eigenvalue weighted by molar-refractivity contribution is 0.102. The largest absolute Gasteiger partial charge is 0.496 e. The molecule has 1 amide bonds. The minimum Gasteiger partial charge on any atom is -0.496 e. The summed E-state index contributed by atoms with van der Waals surface area (Å²) in [6.07, 6.45) is 0. The van der Waals surface area contributed by atoms with Gasteiger partial charge in [-0.05, 0) is 23.6 Å². The van der Waals surface area contributed by atoms with E-state index in [0.717, 1.165) is 5.69 Å². The van der Waals surface area contributed by atoms with Crippen LogP contribution in [0.4, 0.5) is 11.4 Å². The van der Waals surface area contributed by atoms with Crippen molar-refractivity contribution in [1.82, 2.24) is 0 Å². The second-order valence-electron chi connectivity index (χ2n) is 3.43. The maximum Gasteiger partial charge on any atom is 0.259 e. The normalized spacial score (nSPS) is 9.94. The summed E-state index contributed by atoms with van der Waals surface area (Å²) in [4.78, 5) is 12.0. The topological polar surface area (TPSA) is 64.3 Å². The third kappa shape index (κ3) is 2.57. The number of thiophene rings is 1. The van der Waals surface area contributed by atoms with Gasteiger partial charge in [-0.3, -0.25) is 4.79 Å². The Bertz CT molecular complexity index is 523. The lowest BCUT2D eigenvalue weighted by Gasteiger charge is -2.09. The van der Waals surface area contributed by atoms with E-state index in [1.54, 1.807) is 18.2 Å². The molecule has 0 radical (unpaired) electrons. The van der Waals surface area contributed by atoms with Crippen LogP contribution >= 0.6 is 11.3 Å². The molecule has 0 saturated carbocycles. The molecule has 88 valence electrons. The fourth-order valence-electron chi connectivity index (χ4n) is 1.43. The zero-order valence-electron chi connectivity index (χ0n) is 9.27. The fraction of sp³-hybridized carbons (Fsp3) is 0.0833. The minimum atomic E-state index is -0.208. The maximum absolute atomic E-state index is 12.0. The van der Waals surface area contributed by atoms with Crippen LogP contribution in [-0.2, 0) is 0 Å². The van der Waals surface area contributed by atoms with Gasteiger partial charge in [-0.1, -0.05) is 0 Å². The number of rotatable bonds is 3. The van der Waals surface area contributed by atoms with Crippen LogP contribution < -0.4 is 15.8 Å². The van der Waals surface area contributed by atoms with Gasteiger partial charge in [0.2, 0.25) is 0 Å². The number of nitrogen functional groups attached to an aromatic ring is 1. The van der Waals surface area contributed by atoms with E-state index in [1.807, 2.05) is 16.8 Å². The quantitative estimate of drug-likeness (QED) is 0.820. The second-order valence-corrected chi connectivity index (χ2v) is 4.21. The van der Waals surface area contributed by atoms with E-state index in [4.69, 9.17) is 10.5 Å². The first-order valence-corrected chi connectivity index (χ1v) is 5.92. The Balaban J connectivity index is 2.24. The Morgan fingerprint density at radius 3 is 2.88 bits per heavy atom. The average Bonchev–Trinajstić information content (AvgIpc) is 2.81. The van der Waals surface area contributed by atoms with Crippen molar-refractivity contribution in [3.05, 3.63) is 40.6 Å². The summed E-state index contributed by atoms with van der Waals surface area (Å²) in [6.45, 7) is 0. The molecular weight excluding hydrogens is 236 g/mol. The van der Waals surface area contributed by atoms with E-state index >= 15 is 0 Å². The molecule has 3 N–H and O–H groups in total. The molecule has 0 aliphatic rings. The van der Waals surface area contributed by atoms with E-state index in [2.05, 4.69) is 5.32 Å². The molecule has 0 spiro atoms. The average molecular weight is 248 g/mol. The van der Waals surface area contributed by atoms with E-state index in [0.29, 0.717) is 17.0 Å². The molecule has 0 saturated heterocycles. The Morgan fingerprint density at radius 1 is 1.41 bits per heavy atom. The SMILES string of the molecule is COc1cc(N)ccc1C(=O)Nc1ccsc1. The summed E-state index contributed by atoms with van der Waals surface area (Å²) in [7, 11) is 1.51. The summed E-state index contributed by atoms with van der Waals surface area (Å²) in [6, 6.07) is 6.79. The van der Waals surface area contributed by atoms with Crippen LogP contribution in [0.25, 0.3) is 0 Å². The van der Waals surface area contributed by atoms with Gasteiger partial charge in [-0.2, -0.15) is 11.3 Å². The van der Waals surface area contributed by atoms with Crippen LogP contribution in [0.2, 0.25) is 0 Å². The minimum absolute atomic E-state index is 0.208. The highest BCUT2D eigenvalue weighted by atomic mass is 32.1. The van der Waals surface area contributed by atoms with Gasteiger partial charge >= 0.3 is 0 Å². The van der Waals surface area contributed by atoms with Gasteiger partial charge in [-0.25, -0.2) is 0 Å². The summed E-state index contributed by atoms with van der Waals surface area (Å²) < 4.78 is 5.13. The number of nitrogens with two attached hydrogens (primary N) is 1. The Morgan fingerprint density at radius 2 is 2.24 bits per heavy atom. The lowest BCUT2D eigenvalue weighted by atomic mass is 10.1. The van der Waals surface area contributed by atoms with Gasteiger partial charge in [0.05, 0.1) is 18.4 Å². The number of carbonyl (C=O) groups excluding carboxylic acids is 1. The molecule has 1 aromatic carbocycles. The highest BCUT2D eigenvalue weighted by Gasteiger charge is 2.12. The van der Waals surface area contributed by atoms with Crippen LogP contribution in [0, 0.1) is 0 Å². The Hall–Kier alpha value is -2.01. The van der Waals surface area contributed by atoms with Crippen molar-refractivity contribution in [2.75, 3.05) is 18.2 Å². The van der Waals surface area contributed by atoms with Crippen molar-refractivity contribution in [3.63, 3.8) is 0 Å². The standard InChI is InChI=1S/C12H12N2O2S/c1-16-11-6-8(13)2-3-10(11)12(15)14-9-4-5-17-7-9/h2-7H,13H2,1H3,(H,14,15). The van der Waals surface area contributed by atoms with Gasteiger partial charge in [0, 0.05) is 17.1 Å². The maximum atomic E-state index is 12.0. The number of carbonyl (C=O) groups is 1. The van der Waals surface area contributed by atoms with Crippen molar-refractivity contribution in [1.29, 1.82) is 0 Å². The molecule has 0 unspecified atom stereocenters. The van der Waals surface area contributed by atoms with Crippen LogP contribution in [0.15, 0.2) is 35.0 Å². The number of benzene rings is 1. The Kier molecular flexibility index (Phi) is 3.30. The van der Waals surface area contributed by atoms with Gasteiger partial charge in [0.15, 0.2) is 0 Å². The fourth-order valence-corrected chi connectivity index (χ4v) is 2.02. The van der Waals surface area contributed by atoms with Gasteiger partial charge in [0.1, 0.15) is 5.75 Å². The first-order valence-electron chi connectivity index (χ1n) is 4.98. The molecule has 0 atom stereocenters. The molecule has 2 rings (SSSR count). The molecule has 0 aliphatic carbocycles. The summed E-state index contributed by atoms with van der Waals surface area (Å²) in [5, 5.41) is 6.54. The smallest absolute Gasteiger partial charge is 0.259 e. The highest BCUT2D eigenvalue weighted by Crippen LogP contribution is 2.23. The van der Waals surface area contributed by atoms with Gasteiger partial charge < -0.3 is 15.8 Å². The number of amides is 1. The number of hydrogen-bond donors (Lipinski definition) is 2. The third-order valence-electron chi connectivity index (χ3n) is 2.25. The molecule has 1 aromatic heterocycles. The summed E-state index contributed by atoms with van der Waals surface area (Å²) >= 11 is 1.52. The van der Waals surface area contributed by atoms with E-state index < -0.39 is 0 Å². The number of anilines is 2. The molecule has 5 heteroatoms. The number of methoxy groups -OCH3 is 1. The zero-order valence-corrected chi connectivity index (χ0v) is 10.1. The number of nitrogens with one attached hydrogen (secondary N) is 1. The zero-order chi connectivity index (χ0) is 12.3. The summed E-state index contributed by atoms with van der Waals surface area (Å²) in [5.41, 5.74) is 7.44. The third-order valence-corrected chi connectivity index (χ3v) is 2.93. The van der Waals surface area contributed by atoms with Gasteiger partial charge in [0.25, 0.3) is 5.91 Å². The molecule has 0 bridgehead atoms. The first kappa shape index (κ1) is 11.5. The predicted molar refractivity (Wildman–Crippen MR) is 69.7 cm³/mol. The summed E-state index contributed by atoms with van der Waals surface area (Å²) in [5.74, 6) is 0.262. The van der Waals surface area contributed by atoms with E-state index in [-0.39, 0.29) is 5.91 Å². The van der Waals surface area contributed by atoms with Crippen LogP contribution in [0.3, 0.4) is 0 Å². The van der Waals surface area contributed by atoms with Crippen LogP contribution in [0.5, 0.6) is 5.75 Å². The Labute approximate surface area is 103 Å². The highest BCUT2D eigenvalue weighted by molar-refractivity contribution is 7.08. The van der Waals surface area contributed by atoms with E-state index in [9.17, 15) is 4.79 Å². The second kappa shape index (κ2) is 4.88. The van der Waals surface area contributed by atoms with Crippen molar-refractivity contribution < 1.29 is 9.53 Å². The van der Waals surface area contributed by atoms with Crippen LogP contribution in [0.1, 0.15) is 10.4 Å². The van der Waals surface area contributed by atoms with Crippen molar-refractivity contribution in [3.8, 4) is 5.75 Å². The van der Waals surface area contributed by atoms with Crippen LogP contribution in [-0.4, -0.2) is 13.0 Å². The van der Waals surface area contributed by atoms with Crippen molar-refractivity contribution in [2.24, 2.45) is 0 Å². The molecule has 17 heavy (non-hydrogen) atoms. The lowest BCUT2D eigenvalue weighted by Crippen LogP contribution is -2.12. The molecule has 0 aliphatic heterocycles. The number of hydrogen-bond acceptors (Lipinski definition) is 4. The van der Waals surface area contributed by atoms with Crippen molar-refractivity contribution in [2.45, 2.75) is 0 Å². The molecule has 1 heterocycles.